The fourth-order valence-corrected chi connectivity index (χ4v) is 2.13. The van der Waals surface area contributed by atoms with Gasteiger partial charge in [0.2, 0.25) is 5.91 Å². The fraction of sp³-hybridized carbons (Fsp3) is 0.909. The first-order valence-corrected chi connectivity index (χ1v) is 5.72. The summed E-state index contributed by atoms with van der Waals surface area (Å²) < 4.78 is 0. The molecule has 0 aromatic carbocycles. The van der Waals surface area contributed by atoms with Crippen molar-refractivity contribution < 1.29 is 4.79 Å². The summed E-state index contributed by atoms with van der Waals surface area (Å²) in [5.74, 6) is 1.10. The number of likely N-dealkylation sites (N-methyl/N-ethyl adjacent to an activating group) is 1. The fourth-order valence-electron chi connectivity index (χ4n) is 2.13. The number of nitrogens with zero attached hydrogens (tertiary/aromatic N) is 2. The molecule has 1 aliphatic heterocycles. The lowest BCUT2D eigenvalue weighted by atomic mass is 9.82. The summed E-state index contributed by atoms with van der Waals surface area (Å²) in [6.07, 6.45) is 4.70. The molecule has 0 atom stereocenters. The minimum absolute atomic E-state index is 0.391. The van der Waals surface area contributed by atoms with Crippen LogP contribution in [0.3, 0.4) is 0 Å². The van der Waals surface area contributed by atoms with Gasteiger partial charge in [-0.3, -0.25) is 4.79 Å². The maximum absolute atomic E-state index is 11.8. The summed E-state index contributed by atoms with van der Waals surface area (Å²) >= 11 is 0. The molecule has 2 fully saturated rings. The Labute approximate surface area is 86.1 Å². The Hall–Kier alpha value is -0.570. The van der Waals surface area contributed by atoms with E-state index in [1.54, 1.807) is 0 Å². The molecule has 80 valence electrons. The van der Waals surface area contributed by atoms with Gasteiger partial charge in [0.1, 0.15) is 0 Å². The Morgan fingerprint density at radius 2 is 1.86 bits per heavy atom. The molecular formula is C11H20N2O. The molecule has 0 aromatic heterocycles. The largest absolute Gasteiger partial charge is 0.340 e. The van der Waals surface area contributed by atoms with Gasteiger partial charge in [-0.25, -0.2) is 0 Å². The summed E-state index contributed by atoms with van der Waals surface area (Å²) in [5.41, 5.74) is 0. The van der Waals surface area contributed by atoms with E-state index >= 15 is 0 Å². The zero-order chi connectivity index (χ0) is 9.97. The first-order valence-electron chi connectivity index (χ1n) is 5.72. The Bertz CT molecular complexity index is 205. The maximum atomic E-state index is 11.8. The highest BCUT2D eigenvalue weighted by Crippen LogP contribution is 2.29. The second kappa shape index (κ2) is 4.30. The van der Waals surface area contributed by atoms with E-state index in [0.29, 0.717) is 11.8 Å². The molecule has 2 aliphatic rings. The van der Waals surface area contributed by atoms with Crippen molar-refractivity contribution in [2.75, 3.05) is 33.2 Å². The third-order valence-electron chi connectivity index (χ3n) is 3.54. The molecule has 0 radical (unpaired) electrons. The standard InChI is InChI=1S/C11H20N2O/c1-12-5-7-13(8-6-12)11(14)9-10-3-2-4-10/h10H,2-9H2,1H3. The van der Waals surface area contributed by atoms with Gasteiger partial charge in [-0.1, -0.05) is 6.42 Å². The van der Waals surface area contributed by atoms with Crippen molar-refractivity contribution in [3.05, 3.63) is 0 Å². The third kappa shape index (κ3) is 2.27. The highest BCUT2D eigenvalue weighted by Gasteiger charge is 2.25. The summed E-state index contributed by atoms with van der Waals surface area (Å²) in [7, 11) is 2.12. The molecule has 0 aromatic rings. The molecule has 1 amide bonds. The number of carbonyl (C=O) groups is 1. The molecule has 0 unspecified atom stereocenters. The van der Waals surface area contributed by atoms with Gasteiger partial charge < -0.3 is 9.80 Å². The normalized spacial score (nSPS) is 24.8. The third-order valence-corrected chi connectivity index (χ3v) is 3.54. The smallest absolute Gasteiger partial charge is 0.222 e. The minimum Gasteiger partial charge on any atom is -0.340 e. The molecule has 0 bridgehead atoms. The average Bonchev–Trinajstić information content (AvgIpc) is 2.12. The lowest BCUT2D eigenvalue weighted by Crippen LogP contribution is -2.47. The predicted octanol–water partition coefficient (Wildman–Crippen LogP) is 0.951. The van der Waals surface area contributed by atoms with E-state index < -0.39 is 0 Å². The van der Waals surface area contributed by atoms with Crippen molar-refractivity contribution in [2.45, 2.75) is 25.7 Å². The van der Waals surface area contributed by atoms with Crippen LogP contribution < -0.4 is 0 Å². The van der Waals surface area contributed by atoms with Crippen LogP contribution in [0.25, 0.3) is 0 Å². The molecule has 1 saturated heterocycles. The molecular weight excluding hydrogens is 176 g/mol. The van der Waals surface area contributed by atoms with Crippen molar-refractivity contribution in [3.8, 4) is 0 Å². The van der Waals surface area contributed by atoms with Gasteiger partial charge in [-0.05, 0) is 25.8 Å². The van der Waals surface area contributed by atoms with Crippen molar-refractivity contribution in [1.29, 1.82) is 0 Å². The molecule has 3 nitrogen and oxygen atoms in total. The Morgan fingerprint density at radius 3 is 2.36 bits per heavy atom. The molecule has 0 spiro atoms. The van der Waals surface area contributed by atoms with Crippen molar-refractivity contribution >= 4 is 5.91 Å². The Balaban J connectivity index is 1.74. The monoisotopic (exact) mass is 196 g/mol. The second-order valence-corrected chi connectivity index (χ2v) is 4.69. The van der Waals surface area contributed by atoms with Gasteiger partial charge in [0.25, 0.3) is 0 Å². The average molecular weight is 196 g/mol. The molecule has 2 rings (SSSR count). The first kappa shape index (κ1) is 9.97. The first-order chi connectivity index (χ1) is 6.75. The minimum atomic E-state index is 0.391. The number of amides is 1. The van der Waals surface area contributed by atoms with Crippen molar-refractivity contribution in [3.63, 3.8) is 0 Å². The van der Waals surface area contributed by atoms with Gasteiger partial charge in [-0.2, -0.15) is 0 Å². The Morgan fingerprint density at radius 1 is 1.21 bits per heavy atom. The van der Waals surface area contributed by atoms with Crippen LogP contribution in [0.1, 0.15) is 25.7 Å². The topological polar surface area (TPSA) is 23.6 Å². The SMILES string of the molecule is CN1CCN(C(=O)CC2CCC2)CC1. The summed E-state index contributed by atoms with van der Waals surface area (Å²) in [6.45, 7) is 3.94. The predicted molar refractivity (Wildman–Crippen MR) is 56.0 cm³/mol. The van der Waals surface area contributed by atoms with Crippen LogP contribution in [-0.2, 0) is 4.79 Å². The summed E-state index contributed by atoms with van der Waals surface area (Å²) in [5, 5.41) is 0. The summed E-state index contributed by atoms with van der Waals surface area (Å²) in [6, 6.07) is 0. The van der Waals surface area contributed by atoms with E-state index in [2.05, 4.69) is 11.9 Å². The number of hydrogen-bond acceptors (Lipinski definition) is 2. The van der Waals surface area contributed by atoms with Gasteiger partial charge in [0.05, 0.1) is 0 Å². The number of rotatable bonds is 2. The highest BCUT2D eigenvalue weighted by atomic mass is 16.2. The molecule has 0 N–H and O–H groups in total. The summed E-state index contributed by atoms with van der Waals surface area (Å²) in [4.78, 5) is 16.1. The van der Waals surface area contributed by atoms with Crippen LogP contribution in [0.15, 0.2) is 0 Å². The van der Waals surface area contributed by atoms with Gasteiger partial charge in [-0.15, -0.1) is 0 Å². The van der Waals surface area contributed by atoms with Crippen LogP contribution in [-0.4, -0.2) is 48.9 Å². The van der Waals surface area contributed by atoms with Crippen LogP contribution in [0.5, 0.6) is 0 Å². The zero-order valence-corrected chi connectivity index (χ0v) is 9.04. The van der Waals surface area contributed by atoms with Gasteiger partial charge >= 0.3 is 0 Å². The lowest BCUT2D eigenvalue weighted by molar-refractivity contribution is -0.134. The molecule has 1 aliphatic carbocycles. The maximum Gasteiger partial charge on any atom is 0.222 e. The number of carbonyl (C=O) groups excluding carboxylic acids is 1. The molecule has 14 heavy (non-hydrogen) atoms. The van der Waals surface area contributed by atoms with Crippen LogP contribution in [0.4, 0.5) is 0 Å². The number of piperazine rings is 1. The second-order valence-electron chi connectivity index (χ2n) is 4.69. The molecule has 1 saturated carbocycles. The van der Waals surface area contributed by atoms with Crippen molar-refractivity contribution in [1.82, 2.24) is 9.80 Å². The van der Waals surface area contributed by atoms with Gasteiger partial charge in [0.15, 0.2) is 0 Å². The van der Waals surface area contributed by atoms with E-state index in [1.165, 1.54) is 19.3 Å². The Kier molecular flexibility index (Phi) is 3.06. The quantitative estimate of drug-likeness (QED) is 0.656. The highest BCUT2D eigenvalue weighted by molar-refractivity contribution is 5.76. The molecule has 3 heteroatoms. The molecule has 1 heterocycles. The van der Waals surface area contributed by atoms with E-state index in [1.807, 2.05) is 4.90 Å². The van der Waals surface area contributed by atoms with Crippen LogP contribution >= 0.6 is 0 Å². The van der Waals surface area contributed by atoms with E-state index in [4.69, 9.17) is 0 Å². The van der Waals surface area contributed by atoms with Crippen LogP contribution in [0, 0.1) is 5.92 Å². The van der Waals surface area contributed by atoms with Crippen LogP contribution in [0.2, 0.25) is 0 Å². The van der Waals surface area contributed by atoms with E-state index in [-0.39, 0.29) is 0 Å². The zero-order valence-electron chi connectivity index (χ0n) is 9.04. The van der Waals surface area contributed by atoms with Gasteiger partial charge in [0, 0.05) is 32.6 Å². The number of hydrogen-bond donors (Lipinski definition) is 0. The van der Waals surface area contributed by atoms with E-state index in [9.17, 15) is 4.79 Å². The van der Waals surface area contributed by atoms with Crippen molar-refractivity contribution in [2.24, 2.45) is 5.92 Å². The lowest BCUT2D eigenvalue weighted by Gasteiger charge is -2.34. The van der Waals surface area contributed by atoms with E-state index in [0.717, 1.165) is 32.6 Å².